The number of methoxy groups -OCH3 is 1. The number of ether oxygens (including phenoxy) is 2. The van der Waals surface area contributed by atoms with E-state index in [0.717, 1.165) is 12.8 Å². The van der Waals surface area contributed by atoms with Gasteiger partial charge in [0.2, 0.25) is 0 Å². The van der Waals surface area contributed by atoms with E-state index in [4.69, 9.17) is 21.1 Å². The minimum absolute atomic E-state index is 0.0128. The highest BCUT2D eigenvalue weighted by atomic mass is 35.5. The number of ketones is 1. The van der Waals surface area contributed by atoms with Crippen LogP contribution in [0.2, 0.25) is 5.02 Å². The molecule has 0 aliphatic carbocycles. The van der Waals surface area contributed by atoms with Gasteiger partial charge in [0, 0.05) is 17.7 Å². The third-order valence-corrected chi connectivity index (χ3v) is 5.56. The molecular weight excluding hydrogens is 418 g/mol. The number of aliphatic hydroxyl groups excluding tert-OH is 1. The third-order valence-electron chi connectivity index (χ3n) is 5.23. The number of unbranched alkanes of at least 4 members (excludes halogenated alkanes) is 1. The fourth-order valence-electron chi connectivity index (χ4n) is 3.74. The molecule has 1 atom stereocenters. The second-order valence-electron chi connectivity index (χ2n) is 7.16. The molecule has 31 heavy (non-hydrogen) atoms. The smallest absolute Gasteiger partial charge is 0.295 e. The topological polar surface area (TPSA) is 76.1 Å². The number of nitrogens with zero attached hydrogens (tertiary/aromatic N) is 1. The number of hydrogen-bond donors (Lipinski definition) is 1. The number of likely N-dealkylation sites (tertiary alicyclic amines) is 1. The molecule has 1 aliphatic rings. The molecule has 0 spiro atoms. The standard InChI is InChI=1S/C24H26ClNO5/c1-4-6-13-26-21(16-9-7-8-10-19(16)30-3)20(23(28)24(26)29)22(27)17-14-15(31-5-2)11-12-18(17)25/h7-12,14,21,27H,4-6,13H2,1-3H3/b22-20+. The molecule has 0 saturated carbocycles. The Bertz CT molecular complexity index is 1020. The highest BCUT2D eigenvalue weighted by Crippen LogP contribution is 2.43. The molecule has 1 aliphatic heterocycles. The summed E-state index contributed by atoms with van der Waals surface area (Å²) in [4.78, 5) is 27.5. The van der Waals surface area contributed by atoms with Gasteiger partial charge in [-0.25, -0.2) is 0 Å². The molecule has 1 amide bonds. The first-order valence-corrected chi connectivity index (χ1v) is 10.7. The van der Waals surface area contributed by atoms with Crippen LogP contribution in [-0.2, 0) is 9.59 Å². The van der Waals surface area contributed by atoms with Gasteiger partial charge in [0.15, 0.2) is 0 Å². The summed E-state index contributed by atoms with van der Waals surface area (Å²) in [5.41, 5.74) is 0.848. The Hall–Kier alpha value is -2.99. The van der Waals surface area contributed by atoms with Crippen LogP contribution in [0.4, 0.5) is 0 Å². The number of para-hydroxylation sites is 1. The van der Waals surface area contributed by atoms with Crippen molar-refractivity contribution in [3.05, 3.63) is 64.2 Å². The van der Waals surface area contributed by atoms with Gasteiger partial charge in [0.05, 0.1) is 30.4 Å². The maximum atomic E-state index is 13.1. The average molecular weight is 444 g/mol. The number of hydrogen-bond acceptors (Lipinski definition) is 5. The largest absolute Gasteiger partial charge is 0.507 e. The van der Waals surface area contributed by atoms with Crippen LogP contribution in [0.25, 0.3) is 5.76 Å². The zero-order valence-electron chi connectivity index (χ0n) is 17.9. The van der Waals surface area contributed by atoms with Crippen molar-refractivity contribution in [2.24, 2.45) is 0 Å². The van der Waals surface area contributed by atoms with Gasteiger partial charge >= 0.3 is 0 Å². The SMILES string of the molecule is CCCCN1C(=O)C(=O)/C(=C(/O)c2cc(OCC)ccc2Cl)C1c1ccccc1OC. The van der Waals surface area contributed by atoms with Crippen LogP contribution in [0.1, 0.15) is 43.9 Å². The summed E-state index contributed by atoms with van der Waals surface area (Å²) in [6, 6.07) is 11.2. The van der Waals surface area contributed by atoms with Gasteiger partial charge in [-0.05, 0) is 37.6 Å². The van der Waals surface area contributed by atoms with Gasteiger partial charge in [-0.2, -0.15) is 0 Å². The lowest BCUT2D eigenvalue weighted by molar-refractivity contribution is -0.139. The molecule has 7 heteroatoms. The van der Waals surface area contributed by atoms with E-state index in [9.17, 15) is 14.7 Å². The molecule has 2 aromatic rings. The van der Waals surface area contributed by atoms with Crippen LogP contribution in [0, 0.1) is 0 Å². The normalized spacial score (nSPS) is 17.8. The van der Waals surface area contributed by atoms with Crippen LogP contribution < -0.4 is 9.47 Å². The third kappa shape index (κ3) is 4.39. The van der Waals surface area contributed by atoms with Crippen LogP contribution in [0.5, 0.6) is 11.5 Å². The summed E-state index contributed by atoms with van der Waals surface area (Å²) in [6.07, 6.45) is 1.57. The maximum absolute atomic E-state index is 13.1. The highest BCUT2D eigenvalue weighted by Gasteiger charge is 2.46. The quantitative estimate of drug-likeness (QED) is 0.354. The lowest BCUT2D eigenvalue weighted by Crippen LogP contribution is -2.30. The highest BCUT2D eigenvalue weighted by molar-refractivity contribution is 6.47. The van der Waals surface area contributed by atoms with E-state index in [0.29, 0.717) is 30.2 Å². The molecule has 164 valence electrons. The van der Waals surface area contributed by atoms with Crippen molar-refractivity contribution in [3.8, 4) is 11.5 Å². The van der Waals surface area contributed by atoms with E-state index in [1.54, 1.807) is 36.4 Å². The Labute approximate surface area is 187 Å². The van der Waals surface area contributed by atoms with Gasteiger partial charge in [-0.1, -0.05) is 43.1 Å². The van der Waals surface area contributed by atoms with Gasteiger partial charge in [0.25, 0.3) is 11.7 Å². The zero-order chi connectivity index (χ0) is 22.5. The maximum Gasteiger partial charge on any atom is 0.295 e. The van der Waals surface area contributed by atoms with Crippen molar-refractivity contribution < 1.29 is 24.2 Å². The number of carbonyl (C=O) groups is 2. The Morgan fingerprint density at radius 1 is 1.16 bits per heavy atom. The summed E-state index contributed by atoms with van der Waals surface area (Å²) in [5, 5.41) is 11.5. The predicted octanol–water partition coefficient (Wildman–Crippen LogP) is 4.97. The molecule has 0 radical (unpaired) electrons. The molecule has 1 heterocycles. The second-order valence-corrected chi connectivity index (χ2v) is 7.57. The van der Waals surface area contributed by atoms with Gasteiger partial charge < -0.3 is 19.5 Å². The van der Waals surface area contributed by atoms with Crippen molar-refractivity contribution in [1.29, 1.82) is 0 Å². The summed E-state index contributed by atoms with van der Waals surface area (Å²) in [6.45, 7) is 4.67. The van der Waals surface area contributed by atoms with E-state index in [1.165, 1.54) is 12.0 Å². The first-order valence-electron chi connectivity index (χ1n) is 10.3. The molecule has 6 nitrogen and oxygen atoms in total. The Morgan fingerprint density at radius 2 is 1.90 bits per heavy atom. The van der Waals surface area contributed by atoms with Crippen LogP contribution in [0.15, 0.2) is 48.0 Å². The zero-order valence-corrected chi connectivity index (χ0v) is 18.6. The van der Waals surface area contributed by atoms with Crippen molar-refractivity contribution in [1.82, 2.24) is 4.90 Å². The Kier molecular flexibility index (Phi) is 7.23. The number of amides is 1. The van der Waals surface area contributed by atoms with Crippen molar-refractivity contribution in [3.63, 3.8) is 0 Å². The van der Waals surface area contributed by atoms with Gasteiger partial charge in [-0.3, -0.25) is 9.59 Å². The molecule has 1 fully saturated rings. The number of aliphatic hydroxyl groups is 1. The lowest BCUT2D eigenvalue weighted by atomic mass is 9.94. The monoisotopic (exact) mass is 443 g/mol. The van der Waals surface area contributed by atoms with Crippen LogP contribution in [0.3, 0.4) is 0 Å². The Balaban J connectivity index is 2.23. The molecule has 1 N–H and O–H groups in total. The lowest BCUT2D eigenvalue weighted by Gasteiger charge is -2.26. The Morgan fingerprint density at radius 3 is 2.58 bits per heavy atom. The van der Waals surface area contributed by atoms with Crippen molar-refractivity contribution in [2.75, 3.05) is 20.3 Å². The van der Waals surface area contributed by atoms with E-state index >= 15 is 0 Å². The molecular formula is C24H26ClNO5. The van der Waals surface area contributed by atoms with E-state index in [1.807, 2.05) is 19.9 Å². The van der Waals surface area contributed by atoms with E-state index in [2.05, 4.69) is 0 Å². The summed E-state index contributed by atoms with van der Waals surface area (Å²) < 4.78 is 11.0. The first-order chi connectivity index (χ1) is 14.9. The summed E-state index contributed by atoms with van der Waals surface area (Å²) >= 11 is 6.34. The molecule has 1 saturated heterocycles. The number of carbonyl (C=O) groups excluding carboxylic acids is 2. The minimum Gasteiger partial charge on any atom is -0.507 e. The minimum atomic E-state index is -0.783. The molecule has 2 aromatic carbocycles. The first kappa shape index (κ1) is 22.7. The van der Waals surface area contributed by atoms with Gasteiger partial charge in [-0.15, -0.1) is 0 Å². The molecule has 1 unspecified atom stereocenters. The summed E-state index contributed by atoms with van der Waals surface area (Å²) in [7, 11) is 1.53. The molecule has 0 aromatic heterocycles. The number of Topliss-reactive ketones (excluding diaryl/α,β-unsaturated/α-hetero) is 1. The average Bonchev–Trinajstić information content (AvgIpc) is 3.03. The van der Waals surface area contributed by atoms with Crippen molar-refractivity contribution >= 4 is 29.1 Å². The van der Waals surface area contributed by atoms with E-state index in [-0.39, 0.29) is 21.9 Å². The number of benzene rings is 2. The number of rotatable bonds is 8. The summed E-state index contributed by atoms with van der Waals surface area (Å²) in [5.74, 6) is -0.705. The van der Waals surface area contributed by atoms with Crippen LogP contribution >= 0.6 is 11.6 Å². The predicted molar refractivity (Wildman–Crippen MR) is 120 cm³/mol. The van der Waals surface area contributed by atoms with Gasteiger partial charge in [0.1, 0.15) is 17.3 Å². The molecule has 3 rings (SSSR count). The molecule has 0 bridgehead atoms. The van der Waals surface area contributed by atoms with Crippen molar-refractivity contribution in [2.45, 2.75) is 32.7 Å². The fourth-order valence-corrected chi connectivity index (χ4v) is 3.95. The number of halogens is 1. The van der Waals surface area contributed by atoms with E-state index < -0.39 is 17.7 Å². The van der Waals surface area contributed by atoms with Crippen LogP contribution in [-0.4, -0.2) is 42.0 Å². The second kappa shape index (κ2) is 9.88. The fraction of sp³-hybridized carbons (Fsp3) is 0.333.